The molecule has 2 fully saturated rings. The first kappa shape index (κ1) is 19.1. The number of amides is 1. The third-order valence-corrected chi connectivity index (χ3v) is 5.92. The van der Waals surface area contributed by atoms with Crippen molar-refractivity contribution in [3.63, 3.8) is 0 Å². The monoisotopic (exact) mass is 382 g/mol. The van der Waals surface area contributed by atoms with E-state index < -0.39 is 0 Å². The standard InChI is InChI=1S/C23H27FN2O2/c1-18(20-7-3-2-4-8-20)26-16-23(13-22(26)27)15-25(10-11-28-17-23)14-19-6-5-9-21(24)12-19/h2-9,12,18H,10-11,13-17H2,1H3/t18-,23+/m1/s1. The van der Waals surface area contributed by atoms with Crippen LogP contribution < -0.4 is 0 Å². The molecule has 2 heterocycles. The van der Waals surface area contributed by atoms with Crippen LogP contribution >= 0.6 is 0 Å². The molecule has 2 aliphatic heterocycles. The van der Waals surface area contributed by atoms with Gasteiger partial charge in [-0.1, -0.05) is 42.5 Å². The molecule has 0 aromatic heterocycles. The van der Waals surface area contributed by atoms with Crippen molar-refractivity contribution in [3.8, 4) is 0 Å². The Kier molecular flexibility index (Phi) is 5.47. The third-order valence-electron chi connectivity index (χ3n) is 5.92. The summed E-state index contributed by atoms with van der Waals surface area (Å²) in [5.41, 5.74) is 1.90. The minimum atomic E-state index is -0.211. The predicted molar refractivity (Wildman–Crippen MR) is 106 cm³/mol. The minimum absolute atomic E-state index is 0.0491. The summed E-state index contributed by atoms with van der Waals surface area (Å²) in [5.74, 6) is -0.0234. The maximum Gasteiger partial charge on any atom is 0.223 e. The highest BCUT2D eigenvalue weighted by Gasteiger charge is 2.46. The number of carbonyl (C=O) groups is 1. The zero-order valence-electron chi connectivity index (χ0n) is 16.3. The quantitative estimate of drug-likeness (QED) is 0.809. The van der Waals surface area contributed by atoms with Crippen molar-refractivity contribution in [1.82, 2.24) is 9.80 Å². The van der Waals surface area contributed by atoms with Crippen molar-refractivity contribution in [2.45, 2.75) is 25.9 Å². The van der Waals surface area contributed by atoms with Crippen molar-refractivity contribution in [2.75, 3.05) is 32.8 Å². The SMILES string of the molecule is C[C@H](c1ccccc1)N1C[C@]2(COCCN(Cc3cccc(F)c3)C2)CC1=O. The van der Waals surface area contributed by atoms with Crippen LogP contribution in [-0.4, -0.2) is 48.6 Å². The van der Waals surface area contributed by atoms with E-state index >= 15 is 0 Å². The van der Waals surface area contributed by atoms with E-state index in [4.69, 9.17) is 4.74 Å². The van der Waals surface area contributed by atoms with Crippen LogP contribution in [-0.2, 0) is 16.1 Å². The minimum Gasteiger partial charge on any atom is -0.379 e. The second kappa shape index (κ2) is 8.02. The average molecular weight is 382 g/mol. The van der Waals surface area contributed by atoms with E-state index in [0.717, 1.165) is 24.2 Å². The molecule has 28 heavy (non-hydrogen) atoms. The number of nitrogens with zero attached hydrogens (tertiary/aromatic N) is 2. The van der Waals surface area contributed by atoms with Gasteiger partial charge in [-0.2, -0.15) is 0 Å². The topological polar surface area (TPSA) is 32.8 Å². The first-order valence-electron chi connectivity index (χ1n) is 9.94. The number of ether oxygens (including phenoxy) is 1. The van der Waals surface area contributed by atoms with Crippen LogP contribution in [0.1, 0.15) is 30.5 Å². The Morgan fingerprint density at radius 2 is 1.96 bits per heavy atom. The highest BCUT2D eigenvalue weighted by Crippen LogP contribution is 2.38. The summed E-state index contributed by atoms with van der Waals surface area (Å²) in [7, 11) is 0. The molecule has 0 bridgehead atoms. The number of hydrogen-bond donors (Lipinski definition) is 0. The highest BCUT2D eigenvalue weighted by atomic mass is 19.1. The van der Waals surface area contributed by atoms with Crippen LogP contribution in [0.2, 0.25) is 0 Å². The molecule has 2 atom stereocenters. The van der Waals surface area contributed by atoms with Gasteiger partial charge in [0.25, 0.3) is 0 Å². The zero-order chi connectivity index (χ0) is 19.6. The summed E-state index contributed by atoms with van der Waals surface area (Å²) in [6, 6.07) is 17.0. The Morgan fingerprint density at radius 1 is 1.14 bits per heavy atom. The van der Waals surface area contributed by atoms with Gasteiger partial charge < -0.3 is 9.64 Å². The second-order valence-electron chi connectivity index (χ2n) is 8.18. The smallest absolute Gasteiger partial charge is 0.223 e. The van der Waals surface area contributed by atoms with Gasteiger partial charge in [-0.05, 0) is 30.2 Å². The van der Waals surface area contributed by atoms with Crippen molar-refractivity contribution < 1.29 is 13.9 Å². The average Bonchev–Trinajstić information content (AvgIpc) is 2.88. The molecule has 4 nitrogen and oxygen atoms in total. The number of carbonyl (C=O) groups excluding carboxylic acids is 1. The first-order valence-corrected chi connectivity index (χ1v) is 9.94. The van der Waals surface area contributed by atoms with E-state index in [-0.39, 0.29) is 23.2 Å². The molecule has 0 aliphatic carbocycles. The summed E-state index contributed by atoms with van der Waals surface area (Å²) in [4.78, 5) is 17.2. The lowest BCUT2D eigenvalue weighted by Gasteiger charge is -2.33. The molecule has 5 heteroatoms. The molecular weight excluding hydrogens is 355 g/mol. The number of benzene rings is 2. The van der Waals surface area contributed by atoms with Gasteiger partial charge in [0, 0.05) is 38.0 Å². The van der Waals surface area contributed by atoms with Crippen LogP contribution in [0.3, 0.4) is 0 Å². The lowest BCUT2D eigenvalue weighted by Crippen LogP contribution is -2.40. The lowest BCUT2D eigenvalue weighted by molar-refractivity contribution is -0.129. The molecule has 2 aromatic carbocycles. The van der Waals surface area contributed by atoms with Crippen LogP contribution in [0.15, 0.2) is 54.6 Å². The zero-order valence-corrected chi connectivity index (χ0v) is 16.3. The Labute approximate surface area is 165 Å². The summed E-state index contributed by atoms with van der Waals surface area (Å²) < 4.78 is 19.5. The fourth-order valence-corrected chi connectivity index (χ4v) is 4.50. The fourth-order valence-electron chi connectivity index (χ4n) is 4.50. The molecule has 2 saturated heterocycles. The van der Waals surface area contributed by atoms with Gasteiger partial charge in [0.2, 0.25) is 5.91 Å². The summed E-state index contributed by atoms with van der Waals surface area (Å²) >= 11 is 0. The van der Waals surface area contributed by atoms with Crippen molar-refractivity contribution in [1.29, 1.82) is 0 Å². The van der Waals surface area contributed by atoms with E-state index in [1.165, 1.54) is 6.07 Å². The van der Waals surface area contributed by atoms with Crippen molar-refractivity contribution >= 4 is 5.91 Å². The van der Waals surface area contributed by atoms with Gasteiger partial charge in [0.05, 0.1) is 19.3 Å². The predicted octanol–water partition coefficient (Wildman–Crippen LogP) is 3.64. The Balaban J connectivity index is 1.49. The molecule has 0 unspecified atom stereocenters. The number of rotatable bonds is 4. The van der Waals surface area contributed by atoms with Crippen LogP contribution in [0.25, 0.3) is 0 Å². The van der Waals surface area contributed by atoms with Gasteiger partial charge in [-0.3, -0.25) is 9.69 Å². The Morgan fingerprint density at radius 3 is 2.75 bits per heavy atom. The summed E-state index contributed by atoms with van der Waals surface area (Å²) in [5, 5.41) is 0. The number of hydrogen-bond acceptors (Lipinski definition) is 3. The van der Waals surface area contributed by atoms with E-state index in [0.29, 0.717) is 32.7 Å². The number of likely N-dealkylation sites (tertiary alicyclic amines) is 1. The molecule has 2 aliphatic rings. The van der Waals surface area contributed by atoms with E-state index in [2.05, 4.69) is 24.0 Å². The molecular formula is C23H27FN2O2. The fraction of sp³-hybridized carbons (Fsp3) is 0.435. The summed E-state index contributed by atoms with van der Waals surface area (Å²) in [6.07, 6.45) is 0.504. The van der Waals surface area contributed by atoms with Crippen LogP contribution in [0.4, 0.5) is 4.39 Å². The van der Waals surface area contributed by atoms with E-state index in [9.17, 15) is 9.18 Å². The van der Waals surface area contributed by atoms with Gasteiger partial charge in [-0.15, -0.1) is 0 Å². The molecule has 4 rings (SSSR count). The molecule has 2 aromatic rings. The Hall–Kier alpha value is -2.24. The molecule has 0 N–H and O–H groups in total. The molecule has 0 radical (unpaired) electrons. The first-order chi connectivity index (χ1) is 13.5. The highest BCUT2D eigenvalue weighted by molar-refractivity contribution is 5.80. The molecule has 1 spiro atoms. The normalized spacial score (nSPS) is 24.5. The van der Waals surface area contributed by atoms with Gasteiger partial charge in [0.15, 0.2) is 0 Å². The summed E-state index contributed by atoms with van der Waals surface area (Å²) in [6.45, 7) is 6.27. The molecule has 0 saturated carbocycles. The maximum atomic E-state index is 13.6. The van der Waals surface area contributed by atoms with Crippen LogP contribution in [0.5, 0.6) is 0 Å². The van der Waals surface area contributed by atoms with Gasteiger partial charge in [-0.25, -0.2) is 4.39 Å². The van der Waals surface area contributed by atoms with Crippen molar-refractivity contribution in [2.24, 2.45) is 5.41 Å². The second-order valence-corrected chi connectivity index (χ2v) is 8.18. The lowest BCUT2D eigenvalue weighted by atomic mass is 9.87. The van der Waals surface area contributed by atoms with E-state index in [1.54, 1.807) is 12.1 Å². The largest absolute Gasteiger partial charge is 0.379 e. The Bertz CT molecular complexity index is 828. The van der Waals surface area contributed by atoms with Gasteiger partial charge >= 0.3 is 0 Å². The number of halogens is 1. The molecule has 148 valence electrons. The van der Waals surface area contributed by atoms with Crippen molar-refractivity contribution in [3.05, 3.63) is 71.5 Å². The van der Waals surface area contributed by atoms with Gasteiger partial charge in [0.1, 0.15) is 5.82 Å². The molecule has 1 amide bonds. The maximum absolute atomic E-state index is 13.6. The van der Waals surface area contributed by atoms with Crippen LogP contribution in [0, 0.1) is 11.2 Å². The third kappa shape index (κ3) is 4.10. The van der Waals surface area contributed by atoms with E-state index in [1.807, 2.05) is 29.2 Å².